The Bertz CT molecular complexity index is 265. The fraction of sp³-hybridized carbons (Fsp3) is 0.800. The number of carbonyl (C=O) groups is 2. The van der Waals surface area contributed by atoms with Crippen molar-refractivity contribution in [2.24, 2.45) is 5.92 Å². The second-order valence-corrected chi connectivity index (χ2v) is 4.46. The van der Waals surface area contributed by atoms with Gasteiger partial charge in [0.05, 0.1) is 12.5 Å². The standard InChI is InChI=1S/C10H18N2O3/c1-7(2)5-12-8(4-9(13)14)6-11(3)10(12)15/h7-8H,4-6H2,1-3H3,(H,13,14). The quantitative estimate of drug-likeness (QED) is 0.754. The maximum Gasteiger partial charge on any atom is 0.320 e. The number of carbonyl (C=O) groups excluding carboxylic acids is 1. The van der Waals surface area contributed by atoms with E-state index in [2.05, 4.69) is 0 Å². The van der Waals surface area contributed by atoms with E-state index >= 15 is 0 Å². The maximum atomic E-state index is 11.7. The minimum Gasteiger partial charge on any atom is -0.481 e. The van der Waals surface area contributed by atoms with Crippen LogP contribution in [0.2, 0.25) is 0 Å². The third-order valence-corrected chi connectivity index (χ3v) is 2.47. The highest BCUT2D eigenvalue weighted by molar-refractivity contribution is 5.78. The van der Waals surface area contributed by atoms with E-state index in [0.717, 1.165) is 0 Å². The fourth-order valence-corrected chi connectivity index (χ4v) is 1.87. The lowest BCUT2D eigenvalue weighted by molar-refractivity contribution is -0.138. The van der Waals surface area contributed by atoms with Crippen molar-refractivity contribution < 1.29 is 14.7 Å². The fourth-order valence-electron chi connectivity index (χ4n) is 1.87. The normalized spacial score (nSPS) is 21.6. The second-order valence-electron chi connectivity index (χ2n) is 4.46. The summed E-state index contributed by atoms with van der Waals surface area (Å²) < 4.78 is 0. The number of carboxylic acid groups (broad SMARTS) is 1. The summed E-state index contributed by atoms with van der Waals surface area (Å²) in [5.74, 6) is -0.492. The van der Waals surface area contributed by atoms with E-state index < -0.39 is 5.97 Å². The van der Waals surface area contributed by atoms with Gasteiger partial charge in [0.1, 0.15) is 0 Å². The highest BCUT2D eigenvalue weighted by atomic mass is 16.4. The van der Waals surface area contributed by atoms with Crippen LogP contribution in [0.3, 0.4) is 0 Å². The van der Waals surface area contributed by atoms with Gasteiger partial charge in [-0.05, 0) is 5.92 Å². The van der Waals surface area contributed by atoms with Crippen LogP contribution in [0.1, 0.15) is 20.3 Å². The lowest BCUT2D eigenvalue weighted by atomic mass is 10.1. The van der Waals surface area contributed by atoms with Gasteiger partial charge in [0, 0.05) is 20.1 Å². The van der Waals surface area contributed by atoms with Crippen LogP contribution in [0.25, 0.3) is 0 Å². The number of urea groups is 1. The van der Waals surface area contributed by atoms with E-state index in [0.29, 0.717) is 19.0 Å². The molecule has 1 rings (SSSR count). The summed E-state index contributed by atoms with van der Waals surface area (Å²) in [6.07, 6.45) is 0.0306. The summed E-state index contributed by atoms with van der Waals surface area (Å²) in [4.78, 5) is 25.6. The van der Waals surface area contributed by atoms with Crippen molar-refractivity contribution in [3.63, 3.8) is 0 Å². The van der Waals surface area contributed by atoms with E-state index in [1.165, 1.54) is 0 Å². The second kappa shape index (κ2) is 4.51. The van der Waals surface area contributed by atoms with Crippen molar-refractivity contribution in [3.05, 3.63) is 0 Å². The van der Waals surface area contributed by atoms with Gasteiger partial charge in [-0.25, -0.2) is 4.79 Å². The van der Waals surface area contributed by atoms with Crippen molar-refractivity contribution in [3.8, 4) is 0 Å². The largest absolute Gasteiger partial charge is 0.481 e. The molecule has 15 heavy (non-hydrogen) atoms. The molecule has 1 fully saturated rings. The van der Waals surface area contributed by atoms with Crippen LogP contribution in [0.5, 0.6) is 0 Å². The van der Waals surface area contributed by atoms with E-state index in [1.54, 1.807) is 16.8 Å². The molecule has 5 heteroatoms. The number of likely N-dealkylation sites (N-methyl/N-ethyl adjacent to an activating group) is 1. The number of rotatable bonds is 4. The first-order chi connectivity index (χ1) is 6.91. The molecule has 1 N–H and O–H groups in total. The predicted molar refractivity (Wildman–Crippen MR) is 55.6 cm³/mol. The molecule has 1 saturated heterocycles. The Labute approximate surface area is 89.7 Å². The molecule has 1 aliphatic heterocycles. The lowest BCUT2D eigenvalue weighted by Crippen LogP contribution is -2.38. The molecule has 0 bridgehead atoms. The van der Waals surface area contributed by atoms with Crippen LogP contribution in [0.4, 0.5) is 4.79 Å². The van der Waals surface area contributed by atoms with Gasteiger partial charge in [-0.15, -0.1) is 0 Å². The van der Waals surface area contributed by atoms with Gasteiger partial charge in [-0.2, -0.15) is 0 Å². The van der Waals surface area contributed by atoms with Crippen LogP contribution in [-0.2, 0) is 4.79 Å². The van der Waals surface area contributed by atoms with E-state index in [-0.39, 0.29) is 18.5 Å². The number of hydrogen-bond acceptors (Lipinski definition) is 2. The molecular weight excluding hydrogens is 196 g/mol. The molecule has 0 aliphatic carbocycles. The van der Waals surface area contributed by atoms with E-state index in [4.69, 9.17) is 5.11 Å². The lowest BCUT2D eigenvalue weighted by Gasteiger charge is -2.23. The van der Waals surface area contributed by atoms with Crippen molar-refractivity contribution in [1.29, 1.82) is 0 Å². The zero-order valence-electron chi connectivity index (χ0n) is 9.43. The Kier molecular flexibility index (Phi) is 3.55. The summed E-state index contributed by atoms with van der Waals surface area (Å²) in [6.45, 7) is 5.17. The van der Waals surface area contributed by atoms with Gasteiger partial charge in [-0.1, -0.05) is 13.8 Å². The van der Waals surface area contributed by atoms with Gasteiger partial charge in [0.15, 0.2) is 0 Å². The highest BCUT2D eigenvalue weighted by Gasteiger charge is 2.36. The molecule has 86 valence electrons. The third-order valence-electron chi connectivity index (χ3n) is 2.47. The Morgan fingerprint density at radius 2 is 2.20 bits per heavy atom. The average molecular weight is 214 g/mol. The molecule has 0 aromatic carbocycles. The SMILES string of the molecule is CC(C)CN1C(=O)N(C)CC1CC(=O)O. The zero-order chi connectivity index (χ0) is 11.6. The average Bonchev–Trinajstić information content (AvgIpc) is 2.31. The predicted octanol–water partition coefficient (Wildman–Crippen LogP) is 0.853. The molecule has 0 spiro atoms. The first-order valence-corrected chi connectivity index (χ1v) is 5.15. The monoisotopic (exact) mass is 214 g/mol. The Morgan fingerprint density at radius 3 is 2.67 bits per heavy atom. The molecule has 1 heterocycles. The van der Waals surface area contributed by atoms with Crippen molar-refractivity contribution in [1.82, 2.24) is 9.80 Å². The van der Waals surface area contributed by atoms with E-state index in [9.17, 15) is 9.59 Å². The molecule has 0 aromatic rings. The Balaban J connectivity index is 2.68. The molecule has 0 radical (unpaired) electrons. The molecule has 0 aromatic heterocycles. The van der Waals surface area contributed by atoms with Crippen molar-refractivity contribution in [2.45, 2.75) is 26.3 Å². The minimum atomic E-state index is -0.850. The number of nitrogens with zero attached hydrogens (tertiary/aromatic N) is 2. The van der Waals surface area contributed by atoms with E-state index in [1.807, 2.05) is 13.8 Å². The molecular formula is C10H18N2O3. The van der Waals surface area contributed by atoms with Gasteiger partial charge in [0.25, 0.3) is 0 Å². The summed E-state index contributed by atoms with van der Waals surface area (Å²) >= 11 is 0. The van der Waals surface area contributed by atoms with Crippen LogP contribution in [-0.4, -0.2) is 53.1 Å². The zero-order valence-corrected chi connectivity index (χ0v) is 9.43. The number of carboxylic acids is 1. The smallest absolute Gasteiger partial charge is 0.320 e. The third kappa shape index (κ3) is 2.84. The van der Waals surface area contributed by atoms with Crippen LogP contribution < -0.4 is 0 Å². The highest BCUT2D eigenvalue weighted by Crippen LogP contribution is 2.18. The van der Waals surface area contributed by atoms with Gasteiger partial charge in [-0.3, -0.25) is 4.79 Å². The Morgan fingerprint density at radius 1 is 1.60 bits per heavy atom. The van der Waals surface area contributed by atoms with Gasteiger partial charge < -0.3 is 14.9 Å². The first-order valence-electron chi connectivity index (χ1n) is 5.15. The van der Waals surface area contributed by atoms with Crippen molar-refractivity contribution >= 4 is 12.0 Å². The number of amides is 2. The van der Waals surface area contributed by atoms with Crippen LogP contribution >= 0.6 is 0 Å². The first kappa shape index (κ1) is 11.8. The summed E-state index contributed by atoms with van der Waals surface area (Å²) in [5, 5.41) is 8.74. The molecule has 1 aliphatic rings. The van der Waals surface area contributed by atoms with Crippen molar-refractivity contribution in [2.75, 3.05) is 20.1 Å². The molecule has 1 atom stereocenters. The molecule has 2 amide bonds. The Hall–Kier alpha value is -1.26. The molecule has 0 saturated carbocycles. The summed E-state index contributed by atoms with van der Waals surface area (Å²) in [6, 6.07) is -0.239. The van der Waals surface area contributed by atoms with Gasteiger partial charge >= 0.3 is 12.0 Å². The maximum absolute atomic E-state index is 11.7. The summed E-state index contributed by atoms with van der Waals surface area (Å²) in [5.41, 5.74) is 0. The molecule has 1 unspecified atom stereocenters. The minimum absolute atomic E-state index is 0.0306. The number of hydrogen-bond donors (Lipinski definition) is 1. The number of aliphatic carboxylic acids is 1. The van der Waals surface area contributed by atoms with Crippen LogP contribution in [0.15, 0.2) is 0 Å². The van der Waals surface area contributed by atoms with Crippen LogP contribution in [0, 0.1) is 5.92 Å². The topological polar surface area (TPSA) is 60.9 Å². The summed E-state index contributed by atoms with van der Waals surface area (Å²) in [7, 11) is 1.71. The molecule has 5 nitrogen and oxygen atoms in total. The van der Waals surface area contributed by atoms with Gasteiger partial charge in [0.2, 0.25) is 0 Å².